The van der Waals surface area contributed by atoms with Crippen LogP contribution in [0.5, 0.6) is 0 Å². The van der Waals surface area contributed by atoms with Gasteiger partial charge < -0.3 is 5.32 Å². The molecular formula is C6H15ClN2O3S. The summed E-state index contributed by atoms with van der Waals surface area (Å²) >= 11 is 0. The van der Waals surface area contributed by atoms with Crippen molar-refractivity contribution in [2.45, 2.75) is 0 Å². The van der Waals surface area contributed by atoms with Crippen LogP contribution in [0, 0.1) is 0 Å². The molecule has 13 heavy (non-hydrogen) atoms. The summed E-state index contributed by atoms with van der Waals surface area (Å²) in [5.41, 5.74) is 0. The molecule has 1 aliphatic heterocycles. The van der Waals surface area contributed by atoms with Crippen LogP contribution < -0.4 is 5.32 Å². The predicted octanol–water partition coefficient (Wildman–Crippen LogP) is -0.799. The van der Waals surface area contributed by atoms with Gasteiger partial charge in [-0.2, -0.15) is 8.42 Å². The molecule has 1 rings (SSSR count). The standard InChI is InChI=1S/C6H14N2O3S.ClH/c9-12(10,11)6-5-8-3-1-7-2-4-8;/h7H,1-6H2,(H,9,10,11);1H. The molecule has 0 radical (unpaired) electrons. The van der Waals surface area contributed by atoms with Crippen molar-refractivity contribution in [2.24, 2.45) is 0 Å². The van der Waals surface area contributed by atoms with Crippen LogP contribution in [0.1, 0.15) is 0 Å². The number of piperazine rings is 1. The molecule has 1 fully saturated rings. The Balaban J connectivity index is 0.00000144. The Bertz CT molecular complexity index is 226. The Morgan fingerprint density at radius 3 is 2.31 bits per heavy atom. The fourth-order valence-corrected chi connectivity index (χ4v) is 1.67. The van der Waals surface area contributed by atoms with Crippen molar-refractivity contribution in [1.82, 2.24) is 10.2 Å². The molecule has 0 aromatic heterocycles. The Hall–Kier alpha value is 0.120. The van der Waals surface area contributed by atoms with E-state index in [2.05, 4.69) is 5.32 Å². The average molecular weight is 231 g/mol. The Morgan fingerprint density at radius 2 is 1.85 bits per heavy atom. The number of nitrogens with one attached hydrogen (secondary N) is 1. The summed E-state index contributed by atoms with van der Waals surface area (Å²) in [6.45, 7) is 3.93. The molecule has 0 bridgehead atoms. The van der Waals surface area contributed by atoms with E-state index in [0.29, 0.717) is 6.54 Å². The zero-order chi connectivity index (χ0) is 9.03. The van der Waals surface area contributed by atoms with Crippen molar-refractivity contribution >= 4 is 22.5 Å². The van der Waals surface area contributed by atoms with E-state index in [-0.39, 0.29) is 18.2 Å². The lowest BCUT2D eigenvalue weighted by molar-refractivity contribution is 0.252. The summed E-state index contributed by atoms with van der Waals surface area (Å²) in [4.78, 5) is 2.02. The molecule has 1 heterocycles. The minimum absolute atomic E-state index is 0. The van der Waals surface area contributed by atoms with Crippen molar-refractivity contribution < 1.29 is 13.0 Å². The molecule has 1 saturated heterocycles. The second kappa shape index (κ2) is 5.77. The first-order chi connectivity index (χ1) is 5.58. The van der Waals surface area contributed by atoms with Crippen molar-refractivity contribution in [3.8, 4) is 0 Å². The molecule has 0 saturated carbocycles. The smallest absolute Gasteiger partial charge is 0.266 e. The maximum absolute atomic E-state index is 10.4. The largest absolute Gasteiger partial charge is 0.314 e. The van der Waals surface area contributed by atoms with Crippen molar-refractivity contribution in [3.63, 3.8) is 0 Å². The summed E-state index contributed by atoms with van der Waals surface area (Å²) in [6.07, 6.45) is 0. The van der Waals surface area contributed by atoms with Gasteiger partial charge in [-0.15, -0.1) is 12.4 Å². The van der Waals surface area contributed by atoms with Gasteiger partial charge in [-0.05, 0) is 0 Å². The number of halogens is 1. The quantitative estimate of drug-likeness (QED) is 0.622. The SMILES string of the molecule is Cl.O=S(=O)(O)CCN1CCNCC1. The summed E-state index contributed by atoms with van der Waals surface area (Å²) in [5.74, 6) is -0.160. The van der Waals surface area contributed by atoms with Gasteiger partial charge in [0.1, 0.15) is 0 Å². The molecule has 2 N–H and O–H groups in total. The summed E-state index contributed by atoms with van der Waals surface area (Å²) < 4.78 is 29.3. The van der Waals surface area contributed by atoms with Crippen LogP contribution in [-0.2, 0) is 10.1 Å². The molecule has 7 heteroatoms. The highest BCUT2D eigenvalue weighted by Crippen LogP contribution is 1.93. The Morgan fingerprint density at radius 1 is 1.31 bits per heavy atom. The average Bonchev–Trinajstić information content (AvgIpc) is 2.02. The highest BCUT2D eigenvalue weighted by molar-refractivity contribution is 7.85. The third kappa shape index (κ3) is 6.23. The fourth-order valence-electron chi connectivity index (χ4n) is 1.18. The maximum Gasteiger partial charge on any atom is 0.266 e. The van der Waals surface area contributed by atoms with Gasteiger partial charge in [0.15, 0.2) is 0 Å². The third-order valence-electron chi connectivity index (χ3n) is 1.88. The second-order valence-electron chi connectivity index (χ2n) is 2.88. The minimum atomic E-state index is -3.79. The van der Waals surface area contributed by atoms with Crippen LogP contribution in [-0.4, -0.2) is 56.3 Å². The molecule has 0 unspecified atom stereocenters. The van der Waals surface area contributed by atoms with Crippen LogP contribution in [0.2, 0.25) is 0 Å². The van der Waals surface area contributed by atoms with Gasteiger partial charge in [-0.25, -0.2) is 0 Å². The first-order valence-corrected chi connectivity index (χ1v) is 5.57. The zero-order valence-electron chi connectivity index (χ0n) is 7.27. The highest BCUT2D eigenvalue weighted by Gasteiger charge is 2.12. The van der Waals surface area contributed by atoms with Crippen LogP contribution >= 0.6 is 12.4 Å². The van der Waals surface area contributed by atoms with Gasteiger partial charge in [0.05, 0.1) is 5.75 Å². The molecule has 0 aliphatic carbocycles. The predicted molar refractivity (Wildman–Crippen MR) is 53.0 cm³/mol. The summed E-state index contributed by atoms with van der Waals surface area (Å²) in [6, 6.07) is 0. The van der Waals surface area contributed by atoms with E-state index in [9.17, 15) is 8.42 Å². The summed E-state index contributed by atoms with van der Waals surface area (Å²) in [5, 5.41) is 3.16. The third-order valence-corrected chi connectivity index (χ3v) is 2.57. The Labute approximate surface area is 84.6 Å². The van der Waals surface area contributed by atoms with Crippen LogP contribution in [0.4, 0.5) is 0 Å². The first kappa shape index (κ1) is 13.1. The van der Waals surface area contributed by atoms with Gasteiger partial charge in [0, 0.05) is 32.7 Å². The van der Waals surface area contributed by atoms with E-state index in [1.165, 1.54) is 0 Å². The molecule has 0 spiro atoms. The number of nitrogens with zero attached hydrogens (tertiary/aromatic N) is 1. The first-order valence-electron chi connectivity index (χ1n) is 3.96. The van der Waals surface area contributed by atoms with Crippen LogP contribution in [0.15, 0.2) is 0 Å². The van der Waals surface area contributed by atoms with E-state index in [1.807, 2.05) is 4.90 Å². The molecule has 0 atom stereocenters. The number of rotatable bonds is 3. The van der Waals surface area contributed by atoms with Crippen molar-refractivity contribution in [2.75, 3.05) is 38.5 Å². The molecule has 1 aliphatic rings. The van der Waals surface area contributed by atoms with E-state index in [1.54, 1.807) is 0 Å². The van der Waals surface area contributed by atoms with E-state index >= 15 is 0 Å². The number of hydrogen-bond acceptors (Lipinski definition) is 4. The zero-order valence-corrected chi connectivity index (χ0v) is 8.90. The molecule has 0 aromatic rings. The van der Waals surface area contributed by atoms with Crippen molar-refractivity contribution in [3.05, 3.63) is 0 Å². The number of hydrogen-bond donors (Lipinski definition) is 2. The molecule has 0 aromatic carbocycles. The van der Waals surface area contributed by atoms with Gasteiger partial charge in [-0.1, -0.05) is 0 Å². The van der Waals surface area contributed by atoms with Crippen molar-refractivity contribution in [1.29, 1.82) is 0 Å². The minimum Gasteiger partial charge on any atom is -0.314 e. The molecule has 80 valence electrons. The van der Waals surface area contributed by atoms with E-state index in [0.717, 1.165) is 26.2 Å². The molecule has 5 nitrogen and oxygen atoms in total. The fraction of sp³-hybridized carbons (Fsp3) is 1.00. The van der Waals surface area contributed by atoms with Gasteiger partial charge in [0.25, 0.3) is 10.1 Å². The monoisotopic (exact) mass is 230 g/mol. The van der Waals surface area contributed by atoms with Gasteiger partial charge in [-0.3, -0.25) is 9.45 Å². The lowest BCUT2D eigenvalue weighted by Gasteiger charge is -2.26. The topological polar surface area (TPSA) is 69.6 Å². The van der Waals surface area contributed by atoms with Crippen LogP contribution in [0.3, 0.4) is 0 Å². The maximum atomic E-state index is 10.4. The van der Waals surface area contributed by atoms with Gasteiger partial charge in [0.2, 0.25) is 0 Å². The van der Waals surface area contributed by atoms with E-state index in [4.69, 9.17) is 4.55 Å². The molecule has 0 amide bonds. The highest BCUT2D eigenvalue weighted by atomic mass is 35.5. The Kier molecular flexibility index (Phi) is 5.82. The normalized spacial score (nSPS) is 19.5. The molecular weight excluding hydrogens is 216 g/mol. The second-order valence-corrected chi connectivity index (χ2v) is 4.45. The van der Waals surface area contributed by atoms with Crippen LogP contribution in [0.25, 0.3) is 0 Å². The lowest BCUT2D eigenvalue weighted by Crippen LogP contribution is -2.45. The summed E-state index contributed by atoms with van der Waals surface area (Å²) in [7, 11) is -3.79. The van der Waals surface area contributed by atoms with E-state index < -0.39 is 10.1 Å². The lowest BCUT2D eigenvalue weighted by atomic mass is 10.4. The van der Waals surface area contributed by atoms with Gasteiger partial charge >= 0.3 is 0 Å².